The lowest BCUT2D eigenvalue weighted by atomic mass is 10.2. The van der Waals surface area contributed by atoms with Crippen molar-refractivity contribution < 1.29 is 0 Å². The lowest BCUT2D eigenvalue weighted by Crippen LogP contribution is -1.90. The molecule has 4 rings (SSSR count). The van der Waals surface area contributed by atoms with Gasteiger partial charge in [-0.1, -0.05) is 12.1 Å². The molecular weight excluding hydrogens is 258 g/mol. The summed E-state index contributed by atoms with van der Waals surface area (Å²) in [6, 6.07) is 18.2. The summed E-state index contributed by atoms with van der Waals surface area (Å²) in [5.74, 6) is 0. The molecule has 19 heavy (non-hydrogen) atoms. The zero-order chi connectivity index (χ0) is 12.1. The standard InChI is InChI=1S/C15H11N3.ClH/c16-11-6-7-13-10(9-11)5-8-15-17-12-3-1-2-4-14(12)18(13)15;/h1-9H,16H2;1H. The number of pyridine rings is 1. The van der Waals surface area contributed by atoms with Gasteiger partial charge in [0, 0.05) is 11.1 Å². The minimum atomic E-state index is 0. The molecule has 0 spiro atoms. The van der Waals surface area contributed by atoms with Gasteiger partial charge in [0.15, 0.2) is 0 Å². The molecule has 94 valence electrons. The highest BCUT2D eigenvalue weighted by Crippen LogP contribution is 2.24. The molecule has 0 saturated carbocycles. The van der Waals surface area contributed by atoms with Gasteiger partial charge in [-0.3, -0.25) is 4.40 Å². The number of rotatable bonds is 0. The van der Waals surface area contributed by atoms with Crippen LogP contribution in [0, 0.1) is 0 Å². The Morgan fingerprint density at radius 2 is 1.74 bits per heavy atom. The number of halogens is 1. The van der Waals surface area contributed by atoms with Gasteiger partial charge < -0.3 is 5.73 Å². The van der Waals surface area contributed by atoms with Crippen LogP contribution in [0.5, 0.6) is 0 Å². The summed E-state index contributed by atoms with van der Waals surface area (Å²) in [6.07, 6.45) is 0. The minimum absolute atomic E-state index is 0. The predicted octanol–water partition coefficient (Wildman–Crippen LogP) is 3.64. The molecule has 0 aliphatic rings. The van der Waals surface area contributed by atoms with Crippen LogP contribution >= 0.6 is 12.4 Å². The van der Waals surface area contributed by atoms with Crippen molar-refractivity contribution in [2.75, 3.05) is 5.73 Å². The summed E-state index contributed by atoms with van der Waals surface area (Å²) in [7, 11) is 0. The largest absolute Gasteiger partial charge is 0.399 e. The number of fused-ring (bicyclic) bond motifs is 5. The van der Waals surface area contributed by atoms with E-state index in [4.69, 9.17) is 5.73 Å². The summed E-state index contributed by atoms with van der Waals surface area (Å²) in [6.45, 7) is 0. The van der Waals surface area contributed by atoms with E-state index in [1.165, 1.54) is 0 Å². The average Bonchev–Trinajstić information content (AvgIpc) is 2.77. The minimum Gasteiger partial charge on any atom is -0.399 e. The third-order valence-electron chi connectivity index (χ3n) is 3.29. The second-order valence-corrected chi connectivity index (χ2v) is 4.45. The lowest BCUT2D eigenvalue weighted by molar-refractivity contribution is 1.30. The average molecular weight is 270 g/mol. The molecular formula is C15H12ClN3. The van der Waals surface area contributed by atoms with Crippen molar-refractivity contribution in [3.63, 3.8) is 0 Å². The van der Waals surface area contributed by atoms with E-state index in [-0.39, 0.29) is 12.4 Å². The number of imidazole rings is 1. The third-order valence-corrected chi connectivity index (χ3v) is 3.29. The van der Waals surface area contributed by atoms with Crippen LogP contribution < -0.4 is 5.73 Å². The molecule has 4 heteroatoms. The number of para-hydroxylation sites is 2. The molecule has 0 unspecified atom stereocenters. The fraction of sp³-hybridized carbons (Fsp3) is 0. The van der Waals surface area contributed by atoms with Crippen LogP contribution in [0.2, 0.25) is 0 Å². The van der Waals surface area contributed by atoms with E-state index < -0.39 is 0 Å². The fourth-order valence-electron chi connectivity index (χ4n) is 2.48. The summed E-state index contributed by atoms with van der Waals surface area (Å²) < 4.78 is 2.17. The Hall–Kier alpha value is -2.26. The summed E-state index contributed by atoms with van der Waals surface area (Å²) in [5, 5.41) is 1.13. The van der Waals surface area contributed by atoms with Crippen molar-refractivity contribution in [1.82, 2.24) is 9.38 Å². The molecule has 2 aromatic carbocycles. The number of benzene rings is 2. The number of nitrogens with two attached hydrogens (primary N) is 1. The van der Waals surface area contributed by atoms with E-state index in [0.29, 0.717) is 0 Å². The quantitative estimate of drug-likeness (QED) is 0.495. The van der Waals surface area contributed by atoms with Gasteiger partial charge in [0.2, 0.25) is 0 Å². The molecule has 0 saturated heterocycles. The van der Waals surface area contributed by atoms with Crippen LogP contribution in [0.4, 0.5) is 5.69 Å². The van der Waals surface area contributed by atoms with Crippen LogP contribution in [0.1, 0.15) is 0 Å². The SMILES string of the molecule is Cl.Nc1ccc2c(ccc3nc4ccccc4n32)c1. The topological polar surface area (TPSA) is 43.3 Å². The molecule has 0 amide bonds. The number of hydrogen-bond donors (Lipinski definition) is 1. The van der Waals surface area contributed by atoms with E-state index in [2.05, 4.69) is 21.5 Å². The smallest absolute Gasteiger partial charge is 0.138 e. The number of nitrogen functional groups attached to an aromatic ring is 1. The Morgan fingerprint density at radius 3 is 2.63 bits per heavy atom. The van der Waals surface area contributed by atoms with Gasteiger partial charge in [-0.25, -0.2) is 4.98 Å². The van der Waals surface area contributed by atoms with Crippen molar-refractivity contribution >= 4 is 45.7 Å². The van der Waals surface area contributed by atoms with Gasteiger partial charge >= 0.3 is 0 Å². The normalized spacial score (nSPS) is 10.9. The molecule has 4 aromatic rings. The van der Waals surface area contributed by atoms with E-state index in [1.54, 1.807) is 0 Å². The van der Waals surface area contributed by atoms with Crippen molar-refractivity contribution in [3.05, 3.63) is 54.6 Å². The van der Waals surface area contributed by atoms with Gasteiger partial charge in [0.05, 0.1) is 16.6 Å². The monoisotopic (exact) mass is 269 g/mol. The molecule has 0 atom stereocenters. The second kappa shape index (κ2) is 4.14. The Balaban J connectivity index is 0.00000110. The molecule has 2 N–H and O–H groups in total. The molecule has 0 aliphatic carbocycles. The zero-order valence-electron chi connectivity index (χ0n) is 10.1. The van der Waals surface area contributed by atoms with Gasteiger partial charge in [-0.05, 0) is 42.5 Å². The van der Waals surface area contributed by atoms with Crippen LogP contribution in [0.25, 0.3) is 27.6 Å². The van der Waals surface area contributed by atoms with Gasteiger partial charge in [0.1, 0.15) is 5.65 Å². The van der Waals surface area contributed by atoms with E-state index in [0.717, 1.165) is 33.3 Å². The van der Waals surface area contributed by atoms with Gasteiger partial charge in [0.25, 0.3) is 0 Å². The Kier molecular flexibility index (Phi) is 2.57. The predicted molar refractivity (Wildman–Crippen MR) is 81.9 cm³/mol. The van der Waals surface area contributed by atoms with Crippen LogP contribution in [-0.2, 0) is 0 Å². The second-order valence-electron chi connectivity index (χ2n) is 4.45. The van der Waals surface area contributed by atoms with Crippen molar-refractivity contribution in [2.45, 2.75) is 0 Å². The van der Waals surface area contributed by atoms with Crippen LogP contribution in [0.15, 0.2) is 54.6 Å². The summed E-state index contributed by atoms with van der Waals surface area (Å²) in [5.41, 5.74) is 10.9. The fourth-order valence-corrected chi connectivity index (χ4v) is 2.48. The first-order valence-electron chi connectivity index (χ1n) is 5.88. The number of aromatic nitrogens is 2. The van der Waals surface area contributed by atoms with Crippen molar-refractivity contribution in [1.29, 1.82) is 0 Å². The highest BCUT2D eigenvalue weighted by molar-refractivity contribution is 5.91. The van der Waals surface area contributed by atoms with E-state index in [9.17, 15) is 0 Å². The summed E-state index contributed by atoms with van der Waals surface area (Å²) in [4.78, 5) is 4.62. The lowest BCUT2D eigenvalue weighted by Gasteiger charge is -2.03. The first-order chi connectivity index (χ1) is 8.83. The summed E-state index contributed by atoms with van der Waals surface area (Å²) >= 11 is 0. The van der Waals surface area contributed by atoms with Gasteiger partial charge in [-0.15, -0.1) is 12.4 Å². The Labute approximate surface area is 116 Å². The third kappa shape index (κ3) is 1.63. The maximum absolute atomic E-state index is 5.83. The van der Waals surface area contributed by atoms with Gasteiger partial charge in [-0.2, -0.15) is 0 Å². The van der Waals surface area contributed by atoms with Crippen LogP contribution in [-0.4, -0.2) is 9.38 Å². The molecule has 0 bridgehead atoms. The maximum atomic E-state index is 5.83. The Bertz CT molecular complexity index is 896. The van der Waals surface area contributed by atoms with Crippen molar-refractivity contribution in [3.8, 4) is 0 Å². The van der Waals surface area contributed by atoms with E-state index >= 15 is 0 Å². The van der Waals surface area contributed by atoms with Crippen LogP contribution in [0.3, 0.4) is 0 Å². The molecule has 0 radical (unpaired) electrons. The highest BCUT2D eigenvalue weighted by Gasteiger charge is 2.06. The highest BCUT2D eigenvalue weighted by atomic mass is 35.5. The first kappa shape index (κ1) is 11.8. The molecule has 0 fully saturated rings. The van der Waals surface area contributed by atoms with Crippen molar-refractivity contribution in [2.24, 2.45) is 0 Å². The number of hydrogen-bond acceptors (Lipinski definition) is 2. The molecule has 2 heterocycles. The maximum Gasteiger partial charge on any atom is 0.138 e. The molecule has 3 nitrogen and oxygen atoms in total. The first-order valence-corrected chi connectivity index (χ1v) is 5.88. The van der Waals surface area contributed by atoms with E-state index in [1.807, 2.05) is 42.5 Å². The number of anilines is 1. The molecule has 2 aromatic heterocycles. The zero-order valence-corrected chi connectivity index (χ0v) is 10.9. The number of nitrogens with zero attached hydrogens (tertiary/aromatic N) is 2. The Morgan fingerprint density at radius 1 is 0.895 bits per heavy atom. The molecule has 0 aliphatic heterocycles.